The van der Waals surface area contributed by atoms with Crippen LogP contribution in [0.15, 0.2) is 0 Å². The normalized spacial score (nSPS) is 6.11. The second kappa shape index (κ2) is 15.7. The molecule has 4 nitrogen and oxygen atoms in total. The third-order valence-electron chi connectivity index (χ3n) is 0.224. The summed E-state index contributed by atoms with van der Waals surface area (Å²) in [6.07, 6.45) is 0.875. The lowest BCUT2D eigenvalue weighted by molar-refractivity contribution is -0.134. The zero-order chi connectivity index (χ0) is 6.99. The van der Waals surface area contributed by atoms with Crippen molar-refractivity contribution in [3.05, 3.63) is 0 Å². The van der Waals surface area contributed by atoms with Gasteiger partial charge in [-0.25, -0.2) is 0 Å². The van der Waals surface area contributed by atoms with Crippen LogP contribution in [-0.4, -0.2) is 28.3 Å². The summed E-state index contributed by atoms with van der Waals surface area (Å²) in [4.78, 5) is 9.00. The molecule has 0 saturated carbocycles. The van der Waals surface area contributed by atoms with Crippen LogP contribution in [0.1, 0.15) is 20.3 Å². The summed E-state index contributed by atoms with van der Waals surface area (Å²) in [6, 6.07) is 0. The predicted molar refractivity (Wildman–Crippen MR) is 34.3 cm³/mol. The zero-order valence-electron chi connectivity index (χ0n) is 5.72. The molecule has 58 valence electrons. The summed E-state index contributed by atoms with van der Waals surface area (Å²) in [5, 5.41) is 15.3. The molecule has 4 heteroatoms. The van der Waals surface area contributed by atoms with Crippen molar-refractivity contribution in [3.63, 3.8) is 0 Å². The Morgan fingerprint density at radius 1 is 1.56 bits per heavy atom. The molecule has 0 atom stereocenters. The van der Waals surface area contributed by atoms with Gasteiger partial charge in [0, 0.05) is 13.5 Å². The van der Waals surface area contributed by atoms with Crippen LogP contribution in [0.25, 0.3) is 0 Å². The maximum Gasteiger partial charge on any atom is 0.300 e. The molecule has 0 saturated heterocycles. The second-order valence-corrected chi connectivity index (χ2v) is 1.24. The number of carboxylic acids is 1. The second-order valence-electron chi connectivity index (χ2n) is 1.24. The van der Waals surface area contributed by atoms with Crippen molar-refractivity contribution in [1.29, 1.82) is 0 Å². The Morgan fingerprint density at radius 2 is 1.67 bits per heavy atom. The topological polar surface area (TPSA) is 89.0 Å². The van der Waals surface area contributed by atoms with E-state index >= 15 is 0 Å². The average Bonchev–Trinajstić information content (AvgIpc) is 1.65. The van der Waals surface area contributed by atoms with Gasteiger partial charge in [-0.2, -0.15) is 0 Å². The summed E-state index contributed by atoms with van der Waals surface area (Å²) in [7, 11) is 0. The highest BCUT2D eigenvalue weighted by Gasteiger charge is 1.65. The smallest absolute Gasteiger partial charge is 0.300 e. The molecule has 0 fully saturated rings. The number of aliphatic carboxylic acids is 1. The van der Waals surface area contributed by atoms with Gasteiger partial charge in [0.15, 0.2) is 0 Å². The van der Waals surface area contributed by atoms with Crippen molar-refractivity contribution in [2.24, 2.45) is 0 Å². The highest BCUT2D eigenvalue weighted by molar-refractivity contribution is 5.62. The van der Waals surface area contributed by atoms with Crippen molar-refractivity contribution in [1.82, 2.24) is 0 Å². The minimum absolute atomic E-state index is 0. The van der Waals surface area contributed by atoms with Gasteiger partial charge in [0.25, 0.3) is 5.97 Å². The van der Waals surface area contributed by atoms with Gasteiger partial charge in [-0.15, -0.1) is 0 Å². The molecule has 0 aromatic carbocycles. The summed E-state index contributed by atoms with van der Waals surface area (Å²) in [5.41, 5.74) is 0. The largest absolute Gasteiger partial charge is 0.481 e. The molecule has 0 aliphatic carbocycles. The molecule has 4 N–H and O–H groups in total. The van der Waals surface area contributed by atoms with Gasteiger partial charge in [0.05, 0.1) is 0 Å². The summed E-state index contributed by atoms with van der Waals surface area (Å²) in [6.45, 7) is 3.33. The van der Waals surface area contributed by atoms with Crippen molar-refractivity contribution >= 4 is 5.97 Å². The maximum absolute atomic E-state index is 9.00. The molecular weight excluding hydrogens is 124 g/mol. The van der Waals surface area contributed by atoms with Crippen LogP contribution >= 0.6 is 0 Å². The number of hydrogen-bond donors (Lipinski definition) is 2. The van der Waals surface area contributed by atoms with E-state index in [0.717, 1.165) is 13.3 Å². The number of rotatable bonds is 1. The summed E-state index contributed by atoms with van der Waals surface area (Å²) in [5.74, 6) is -0.833. The van der Waals surface area contributed by atoms with Crippen molar-refractivity contribution < 1.29 is 20.5 Å². The Hall–Kier alpha value is -0.610. The van der Waals surface area contributed by atoms with E-state index in [-0.39, 0.29) is 5.48 Å². The number of carboxylic acid groups (broad SMARTS) is 1. The third kappa shape index (κ3) is 1410. The predicted octanol–water partition coefficient (Wildman–Crippen LogP) is -0.345. The molecule has 0 aromatic heterocycles. The lowest BCUT2D eigenvalue weighted by atomic mass is 10.5. The number of hydrogen-bond acceptors (Lipinski definition) is 2. The van der Waals surface area contributed by atoms with E-state index in [2.05, 4.69) is 0 Å². The molecular formula is C5H14O4. The van der Waals surface area contributed by atoms with Gasteiger partial charge in [-0.1, -0.05) is 6.92 Å². The van der Waals surface area contributed by atoms with Gasteiger partial charge >= 0.3 is 0 Å². The lowest BCUT2D eigenvalue weighted by Crippen LogP contribution is -1.78. The van der Waals surface area contributed by atoms with Crippen LogP contribution in [0.5, 0.6) is 0 Å². The van der Waals surface area contributed by atoms with Gasteiger partial charge in [0.1, 0.15) is 0 Å². The fourth-order valence-corrected chi connectivity index (χ4v) is 0. The van der Waals surface area contributed by atoms with E-state index in [9.17, 15) is 0 Å². The monoisotopic (exact) mass is 138 g/mol. The highest BCUT2D eigenvalue weighted by atomic mass is 16.4. The molecule has 0 rings (SSSR count). The van der Waals surface area contributed by atoms with Gasteiger partial charge in [0.2, 0.25) is 0 Å². The van der Waals surface area contributed by atoms with Gasteiger partial charge in [-0.05, 0) is 6.42 Å². The van der Waals surface area contributed by atoms with E-state index in [1.165, 1.54) is 0 Å². The zero-order valence-corrected chi connectivity index (χ0v) is 5.72. The Kier molecular flexibility index (Phi) is 27.4. The van der Waals surface area contributed by atoms with Gasteiger partial charge < -0.3 is 15.7 Å². The Morgan fingerprint density at radius 3 is 1.67 bits per heavy atom. The van der Waals surface area contributed by atoms with Crippen LogP contribution in [0.3, 0.4) is 0 Å². The van der Waals surface area contributed by atoms with Crippen molar-refractivity contribution in [2.75, 3.05) is 6.61 Å². The first-order valence-electron chi connectivity index (χ1n) is 2.45. The van der Waals surface area contributed by atoms with E-state index < -0.39 is 5.97 Å². The van der Waals surface area contributed by atoms with E-state index in [1.54, 1.807) is 0 Å². The molecule has 0 aliphatic rings. The molecule has 0 aliphatic heterocycles. The highest BCUT2D eigenvalue weighted by Crippen LogP contribution is 1.61. The minimum Gasteiger partial charge on any atom is -0.481 e. The minimum atomic E-state index is -0.833. The Labute approximate surface area is 54.4 Å². The maximum atomic E-state index is 9.00. The van der Waals surface area contributed by atoms with Crippen LogP contribution in [0, 0.1) is 0 Å². The molecule has 0 aromatic rings. The molecule has 0 unspecified atom stereocenters. The first-order chi connectivity index (χ1) is 3.65. The quantitative estimate of drug-likeness (QED) is 0.519. The van der Waals surface area contributed by atoms with Crippen molar-refractivity contribution in [2.45, 2.75) is 20.3 Å². The van der Waals surface area contributed by atoms with E-state index in [1.807, 2.05) is 6.92 Å². The van der Waals surface area contributed by atoms with Crippen LogP contribution in [0.2, 0.25) is 0 Å². The molecule has 0 spiro atoms. The average molecular weight is 138 g/mol. The Balaban J connectivity index is -0.0000000720. The van der Waals surface area contributed by atoms with Crippen LogP contribution in [-0.2, 0) is 4.79 Å². The fourth-order valence-electron chi connectivity index (χ4n) is 0. The molecule has 9 heavy (non-hydrogen) atoms. The van der Waals surface area contributed by atoms with Crippen LogP contribution < -0.4 is 0 Å². The fraction of sp³-hybridized carbons (Fsp3) is 0.800. The molecule has 0 heterocycles. The standard InChI is InChI=1S/C3H8O.C2H4O2.H2O/c1-2-3-4;1-2(3)4;/h4H,2-3H2,1H3;1H3,(H,3,4);1H2. The van der Waals surface area contributed by atoms with E-state index in [4.69, 9.17) is 15.0 Å². The molecule has 0 bridgehead atoms. The van der Waals surface area contributed by atoms with Gasteiger partial charge in [-0.3, -0.25) is 4.79 Å². The van der Waals surface area contributed by atoms with Crippen LogP contribution in [0.4, 0.5) is 0 Å². The SMILES string of the molecule is CC(=O)O.CCCO.O. The lowest BCUT2D eigenvalue weighted by Gasteiger charge is -1.69. The first kappa shape index (κ1) is 15.8. The number of aliphatic hydroxyl groups is 1. The number of aliphatic hydroxyl groups excluding tert-OH is 1. The number of carbonyl (C=O) groups is 1. The summed E-state index contributed by atoms with van der Waals surface area (Å²) < 4.78 is 0. The Bertz CT molecular complexity index is 46.9. The third-order valence-corrected chi connectivity index (χ3v) is 0.224. The van der Waals surface area contributed by atoms with E-state index in [0.29, 0.717) is 6.61 Å². The summed E-state index contributed by atoms with van der Waals surface area (Å²) >= 11 is 0. The molecule has 0 amide bonds. The molecule has 0 radical (unpaired) electrons. The van der Waals surface area contributed by atoms with Crippen molar-refractivity contribution in [3.8, 4) is 0 Å². The first-order valence-corrected chi connectivity index (χ1v) is 2.45.